The summed E-state index contributed by atoms with van der Waals surface area (Å²) in [5, 5.41) is 18.3. The molecule has 0 radical (unpaired) electrons. The fourth-order valence-electron chi connectivity index (χ4n) is 3.08. The molecule has 3 N–H and O–H groups in total. The molecule has 0 bridgehead atoms. The second-order valence-electron chi connectivity index (χ2n) is 6.90. The Morgan fingerprint density at radius 3 is 2.65 bits per heavy atom. The minimum Gasteiger partial charge on any atom is -1.00 e. The number of carbonyl (C=O) groups excluding carboxylic acids is 3. The summed E-state index contributed by atoms with van der Waals surface area (Å²) in [4.78, 5) is 49.1. The van der Waals surface area contributed by atoms with Crippen LogP contribution in [0, 0.1) is 0 Å². The van der Waals surface area contributed by atoms with Crippen molar-refractivity contribution in [1.29, 1.82) is 0 Å². The summed E-state index contributed by atoms with van der Waals surface area (Å²) in [6, 6.07) is 4.01. The smallest absolute Gasteiger partial charge is 1.00 e. The first kappa shape index (κ1) is 24.3. The van der Waals surface area contributed by atoms with Gasteiger partial charge in [0.15, 0.2) is 11.8 Å². The number of amides is 3. The summed E-state index contributed by atoms with van der Waals surface area (Å²) in [5.74, 6) is -2.24. The third-order valence-electron chi connectivity index (χ3n) is 4.63. The summed E-state index contributed by atoms with van der Waals surface area (Å²) in [5.41, 5.74) is 2.21. The van der Waals surface area contributed by atoms with Gasteiger partial charge in [-0.25, -0.2) is 4.79 Å². The van der Waals surface area contributed by atoms with E-state index in [0.717, 1.165) is 11.1 Å². The number of likely N-dealkylation sites (N-methyl/N-ethyl adjacent to an activating group) is 1. The maximum absolute atomic E-state index is 12.5. The van der Waals surface area contributed by atoms with Crippen LogP contribution in [0.5, 0.6) is 0 Å². The monoisotopic (exact) mass is 435 g/mol. The van der Waals surface area contributed by atoms with Crippen LogP contribution in [0.3, 0.4) is 0 Å². The summed E-state index contributed by atoms with van der Waals surface area (Å²) in [6.07, 6.45) is 5.62. The van der Waals surface area contributed by atoms with Crippen LogP contribution in [0.25, 0.3) is 11.1 Å². The third-order valence-corrected chi connectivity index (χ3v) is 4.63. The minimum absolute atomic E-state index is 0. The molecular weight excluding hydrogens is 413 g/mol. The van der Waals surface area contributed by atoms with Crippen LogP contribution in [0.15, 0.2) is 48.9 Å². The van der Waals surface area contributed by atoms with Crippen molar-refractivity contribution in [3.63, 3.8) is 0 Å². The van der Waals surface area contributed by atoms with Gasteiger partial charge < -0.3 is 22.1 Å². The molecule has 1 aromatic carbocycles. The number of urea groups is 1. The number of benzene rings is 1. The van der Waals surface area contributed by atoms with Crippen LogP contribution in [-0.2, 0) is 21.4 Å². The Morgan fingerprint density at radius 2 is 2.00 bits per heavy atom. The minimum atomic E-state index is -1.35. The van der Waals surface area contributed by atoms with Crippen LogP contribution < -0.4 is 40.2 Å². The van der Waals surface area contributed by atoms with E-state index < -0.39 is 35.8 Å². The van der Waals surface area contributed by atoms with E-state index >= 15 is 0 Å². The van der Waals surface area contributed by atoms with Gasteiger partial charge in [0.25, 0.3) is 5.91 Å². The zero-order valence-electron chi connectivity index (χ0n) is 18.4. The predicted molar refractivity (Wildman–Crippen MR) is 107 cm³/mol. The standard InChI is InChI=1S/C20H21N5O5.Na.H/c1-24-7-6-16(26)18(19(24)29)23-20(30)22-15(9-17(27)28)13-5-3-4-12(8-13)14-10-21-25(2)11-14;;/h3-8,10-11,15,18H,9H2,1-2H3,(H,27,28)(H2,22,23,30);;/q;+1;-1. The molecule has 0 saturated heterocycles. The largest absolute Gasteiger partial charge is 1.00 e. The zero-order valence-corrected chi connectivity index (χ0v) is 19.4. The Labute approximate surface area is 202 Å². The predicted octanol–water partition coefficient (Wildman–Crippen LogP) is -2.06. The number of hydrogen-bond donors (Lipinski definition) is 3. The van der Waals surface area contributed by atoms with E-state index in [0.29, 0.717) is 5.56 Å². The van der Waals surface area contributed by atoms with Crippen molar-refractivity contribution in [2.24, 2.45) is 7.05 Å². The van der Waals surface area contributed by atoms with E-state index in [1.54, 1.807) is 36.1 Å². The van der Waals surface area contributed by atoms with E-state index in [4.69, 9.17) is 0 Å². The summed E-state index contributed by atoms with van der Waals surface area (Å²) < 4.78 is 1.64. The number of carbonyl (C=O) groups is 4. The number of aryl methyl sites for hydroxylation is 1. The van der Waals surface area contributed by atoms with Gasteiger partial charge in [-0.05, 0) is 17.2 Å². The molecule has 10 nitrogen and oxygen atoms in total. The Morgan fingerprint density at radius 1 is 1.26 bits per heavy atom. The molecule has 1 aliphatic heterocycles. The number of carboxylic acid groups (broad SMARTS) is 1. The fourth-order valence-corrected chi connectivity index (χ4v) is 3.08. The molecule has 1 aliphatic rings. The second-order valence-corrected chi connectivity index (χ2v) is 6.90. The van der Waals surface area contributed by atoms with Gasteiger partial charge in [-0.2, -0.15) is 5.10 Å². The van der Waals surface area contributed by atoms with Crippen LogP contribution in [0.2, 0.25) is 0 Å². The molecule has 0 saturated carbocycles. The molecule has 11 heteroatoms. The molecule has 31 heavy (non-hydrogen) atoms. The number of aliphatic carboxylic acids is 1. The van der Waals surface area contributed by atoms with E-state index in [1.807, 2.05) is 12.3 Å². The van der Waals surface area contributed by atoms with E-state index in [9.17, 15) is 24.3 Å². The molecular formula is C20H22N5NaO5. The summed E-state index contributed by atoms with van der Waals surface area (Å²) in [6.45, 7) is 0. The molecule has 2 aromatic rings. The maximum atomic E-state index is 12.5. The summed E-state index contributed by atoms with van der Waals surface area (Å²) >= 11 is 0. The first-order valence-corrected chi connectivity index (χ1v) is 9.11. The average molecular weight is 435 g/mol. The molecule has 0 spiro atoms. The van der Waals surface area contributed by atoms with Gasteiger partial charge in [-0.3, -0.25) is 19.1 Å². The molecule has 0 fully saturated rings. The molecule has 2 atom stereocenters. The van der Waals surface area contributed by atoms with E-state index in [2.05, 4.69) is 15.7 Å². The van der Waals surface area contributed by atoms with Crippen molar-refractivity contribution in [2.45, 2.75) is 18.5 Å². The SMILES string of the molecule is CN1C=CC(=O)C(NC(=O)NC(CC(=O)O)c2cccc(-c3cnn(C)c3)c2)C1=O.[H-].[Na+]. The van der Waals surface area contributed by atoms with Gasteiger partial charge in [0.2, 0.25) is 0 Å². The van der Waals surface area contributed by atoms with Crippen LogP contribution in [-0.4, -0.2) is 56.6 Å². The Bertz CT molecular complexity index is 1040. The number of hydrogen-bond acceptors (Lipinski definition) is 5. The first-order valence-electron chi connectivity index (χ1n) is 9.11. The van der Waals surface area contributed by atoms with Crippen molar-refractivity contribution < 1.29 is 55.3 Å². The van der Waals surface area contributed by atoms with Crippen molar-refractivity contribution in [3.8, 4) is 11.1 Å². The van der Waals surface area contributed by atoms with Gasteiger partial charge >= 0.3 is 41.6 Å². The number of rotatable bonds is 6. The molecule has 2 heterocycles. The number of carboxylic acids is 1. The maximum Gasteiger partial charge on any atom is 1.00 e. The molecule has 1 aromatic heterocycles. The number of nitrogens with zero attached hydrogens (tertiary/aromatic N) is 3. The van der Waals surface area contributed by atoms with Crippen LogP contribution in [0.1, 0.15) is 19.5 Å². The number of aromatic nitrogens is 2. The normalized spacial score (nSPS) is 16.5. The zero-order chi connectivity index (χ0) is 21.8. The van der Waals surface area contributed by atoms with Gasteiger partial charge in [0.1, 0.15) is 0 Å². The van der Waals surface area contributed by atoms with Crippen molar-refractivity contribution in [1.82, 2.24) is 25.3 Å². The van der Waals surface area contributed by atoms with Gasteiger partial charge in [0, 0.05) is 38.1 Å². The quantitative estimate of drug-likeness (QED) is 0.353. The van der Waals surface area contributed by atoms with Crippen molar-refractivity contribution in [3.05, 3.63) is 54.5 Å². The molecule has 0 aliphatic carbocycles. The Hall–Kier alpha value is -2.95. The third kappa shape index (κ3) is 6.03. The van der Waals surface area contributed by atoms with Gasteiger partial charge in [0.05, 0.1) is 18.7 Å². The van der Waals surface area contributed by atoms with Crippen molar-refractivity contribution >= 4 is 23.7 Å². The second kappa shape index (κ2) is 10.4. The summed E-state index contributed by atoms with van der Waals surface area (Å²) in [7, 11) is 3.25. The molecule has 2 unspecified atom stereocenters. The van der Waals surface area contributed by atoms with Crippen LogP contribution >= 0.6 is 0 Å². The van der Waals surface area contributed by atoms with E-state index in [1.165, 1.54) is 24.2 Å². The number of nitrogens with one attached hydrogen (secondary N) is 2. The molecule has 3 amide bonds. The molecule has 158 valence electrons. The van der Waals surface area contributed by atoms with Gasteiger partial charge in [-0.15, -0.1) is 0 Å². The fraction of sp³-hybridized carbons (Fsp3) is 0.250. The van der Waals surface area contributed by atoms with E-state index in [-0.39, 0.29) is 37.4 Å². The topological polar surface area (TPSA) is 134 Å². The number of ketones is 1. The average Bonchev–Trinajstić information content (AvgIpc) is 3.14. The Balaban J connectivity index is 0.00000256. The first-order chi connectivity index (χ1) is 14.2. The van der Waals surface area contributed by atoms with Crippen LogP contribution in [0.4, 0.5) is 4.79 Å². The Kier molecular flexibility index (Phi) is 8.14. The van der Waals surface area contributed by atoms with Gasteiger partial charge in [-0.1, -0.05) is 18.2 Å². The van der Waals surface area contributed by atoms with Crippen molar-refractivity contribution in [2.75, 3.05) is 7.05 Å². The molecule has 3 rings (SSSR count).